The predicted molar refractivity (Wildman–Crippen MR) is 64.4 cm³/mol. The van der Waals surface area contributed by atoms with Crippen molar-refractivity contribution in [2.45, 2.75) is 18.3 Å². The quantitative estimate of drug-likeness (QED) is 0.805. The van der Waals surface area contributed by atoms with E-state index in [-0.39, 0.29) is 17.5 Å². The van der Waals surface area contributed by atoms with Gasteiger partial charge in [-0.15, -0.1) is 0 Å². The molecule has 18 heavy (non-hydrogen) atoms. The lowest BCUT2D eigenvalue weighted by Crippen LogP contribution is -2.25. The van der Waals surface area contributed by atoms with Crippen LogP contribution in [0.1, 0.15) is 18.7 Å². The van der Waals surface area contributed by atoms with Gasteiger partial charge < -0.3 is 14.6 Å². The Morgan fingerprint density at radius 2 is 1.94 bits per heavy atom. The first-order valence-corrected chi connectivity index (χ1v) is 7.08. The lowest BCUT2D eigenvalue weighted by Gasteiger charge is -2.18. The summed E-state index contributed by atoms with van der Waals surface area (Å²) < 4.78 is 32.6. The summed E-state index contributed by atoms with van der Waals surface area (Å²) in [5.74, 6) is 0.257. The van der Waals surface area contributed by atoms with Crippen LogP contribution in [0.4, 0.5) is 0 Å². The van der Waals surface area contributed by atoms with Gasteiger partial charge in [-0.25, -0.2) is 13.4 Å². The molecule has 1 heterocycles. The van der Waals surface area contributed by atoms with Crippen LogP contribution in [0.15, 0.2) is 6.20 Å². The van der Waals surface area contributed by atoms with Crippen LogP contribution < -0.4 is 9.47 Å². The molecule has 0 aliphatic rings. The van der Waals surface area contributed by atoms with Gasteiger partial charge >= 0.3 is 0 Å². The molecular formula is C10H16N2O5S. The fourth-order valence-corrected chi connectivity index (χ4v) is 1.87. The minimum absolute atomic E-state index is 0.0392. The van der Waals surface area contributed by atoms with E-state index in [2.05, 4.69) is 9.97 Å². The molecule has 0 bridgehead atoms. The first-order chi connectivity index (χ1) is 8.31. The molecule has 0 amide bonds. The summed E-state index contributed by atoms with van der Waals surface area (Å²) in [6, 6.07) is 0. The van der Waals surface area contributed by atoms with E-state index in [1.165, 1.54) is 27.3 Å². The number of nitrogens with zero attached hydrogens (tertiary/aromatic N) is 2. The van der Waals surface area contributed by atoms with E-state index in [1.807, 2.05) is 0 Å². The zero-order valence-corrected chi connectivity index (χ0v) is 11.4. The van der Waals surface area contributed by atoms with Gasteiger partial charge in [0.1, 0.15) is 11.8 Å². The molecule has 1 N–H and O–H groups in total. The Morgan fingerprint density at radius 3 is 2.39 bits per heavy atom. The number of rotatable bonds is 5. The third-order valence-electron chi connectivity index (χ3n) is 2.55. The number of aromatic nitrogens is 2. The molecule has 0 spiro atoms. The second-order valence-electron chi connectivity index (χ2n) is 3.79. The Morgan fingerprint density at radius 1 is 1.33 bits per heavy atom. The Balaban J connectivity index is 3.17. The van der Waals surface area contributed by atoms with E-state index in [4.69, 9.17) is 9.47 Å². The first-order valence-electron chi connectivity index (χ1n) is 5.13. The number of aliphatic hydroxyl groups is 1. The van der Waals surface area contributed by atoms with Crippen LogP contribution in [0.3, 0.4) is 0 Å². The van der Waals surface area contributed by atoms with Crippen molar-refractivity contribution >= 4 is 9.84 Å². The maximum absolute atomic E-state index is 11.4. The average molecular weight is 276 g/mol. The van der Waals surface area contributed by atoms with Gasteiger partial charge in [0, 0.05) is 6.26 Å². The number of sulfone groups is 1. The molecule has 1 aromatic rings. The third kappa shape index (κ3) is 3.08. The maximum atomic E-state index is 11.4. The van der Waals surface area contributed by atoms with Crippen LogP contribution >= 0.6 is 0 Å². The van der Waals surface area contributed by atoms with Gasteiger partial charge in [-0.2, -0.15) is 4.98 Å². The van der Waals surface area contributed by atoms with Gasteiger partial charge in [0.05, 0.1) is 25.7 Å². The van der Waals surface area contributed by atoms with Gasteiger partial charge in [0.25, 0.3) is 0 Å². The Bertz CT molecular complexity index is 517. The molecule has 1 aromatic heterocycles. The summed E-state index contributed by atoms with van der Waals surface area (Å²) in [6.07, 6.45) is 1.02. The molecule has 0 saturated carbocycles. The highest BCUT2D eigenvalue weighted by Crippen LogP contribution is 2.27. The van der Waals surface area contributed by atoms with Crippen LogP contribution in [-0.2, 0) is 9.84 Å². The second-order valence-corrected chi connectivity index (χ2v) is 6.19. The van der Waals surface area contributed by atoms with Crippen molar-refractivity contribution < 1.29 is 23.0 Å². The standard InChI is InChI=1S/C10H16N2O5S/c1-6(18(4,14)15)9(13)8-10(17-3)12-7(16-2)5-11-8/h5-6,9,13H,1-4H3. The van der Waals surface area contributed by atoms with Crippen molar-refractivity contribution in [2.75, 3.05) is 20.5 Å². The highest BCUT2D eigenvalue weighted by molar-refractivity contribution is 7.91. The molecule has 2 atom stereocenters. The zero-order valence-electron chi connectivity index (χ0n) is 10.6. The maximum Gasteiger partial charge on any atom is 0.241 e. The number of hydrogen-bond donors (Lipinski definition) is 1. The number of hydrogen-bond acceptors (Lipinski definition) is 7. The summed E-state index contributed by atoms with van der Waals surface area (Å²) in [7, 11) is -0.628. The van der Waals surface area contributed by atoms with Gasteiger partial charge in [-0.3, -0.25) is 0 Å². The fraction of sp³-hybridized carbons (Fsp3) is 0.600. The Labute approximate surface area is 106 Å². The summed E-state index contributed by atoms with van der Waals surface area (Å²) >= 11 is 0. The van der Waals surface area contributed by atoms with Crippen molar-refractivity contribution in [3.05, 3.63) is 11.9 Å². The highest BCUT2D eigenvalue weighted by Gasteiger charge is 2.29. The zero-order chi connectivity index (χ0) is 13.9. The van der Waals surface area contributed by atoms with Crippen LogP contribution in [0, 0.1) is 0 Å². The number of methoxy groups -OCH3 is 2. The van der Waals surface area contributed by atoms with Crippen LogP contribution in [-0.4, -0.2) is 49.2 Å². The molecule has 7 nitrogen and oxygen atoms in total. The molecule has 0 aromatic carbocycles. The summed E-state index contributed by atoms with van der Waals surface area (Å²) in [5.41, 5.74) is 0.0659. The molecule has 102 valence electrons. The van der Waals surface area contributed by atoms with E-state index in [0.717, 1.165) is 6.26 Å². The Kier molecular flexibility index (Phi) is 4.47. The smallest absolute Gasteiger partial charge is 0.241 e. The summed E-state index contributed by atoms with van der Waals surface area (Å²) in [6.45, 7) is 1.39. The van der Waals surface area contributed by atoms with Crippen molar-refractivity contribution in [1.29, 1.82) is 0 Å². The Hall–Kier alpha value is -1.41. The second kappa shape index (κ2) is 5.49. The van der Waals surface area contributed by atoms with Crippen molar-refractivity contribution in [1.82, 2.24) is 9.97 Å². The predicted octanol–water partition coefficient (Wildman–Crippen LogP) is -0.0397. The van der Waals surface area contributed by atoms with Gasteiger partial charge in [-0.1, -0.05) is 0 Å². The highest BCUT2D eigenvalue weighted by atomic mass is 32.2. The average Bonchev–Trinajstić information content (AvgIpc) is 2.35. The van der Waals surface area contributed by atoms with Gasteiger partial charge in [0.2, 0.25) is 11.8 Å². The molecule has 0 radical (unpaired) electrons. The molecular weight excluding hydrogens is 260 g/mol. The third-order valence-corrected chi connectivity index (χ3v) is 4.16. The van der Waals surface area contributed by atoms with Crippen LogP contribution in [0.25, 0.3) is 0 Å². The van der Waals surface area contributed by atoms with E-state index in [1.54, 1.807) is 0 Å². The fourth-order valence-electron chi connectivity index (χ4n) is 1.27. The monoisotopic (exact) mass is 276 g/mol. The van der Waals surface area contributed by atoms with Gasteiger partial charge in [-0.05, 0) is 6.92 Å². The largest absolute Gasteiger partial charge is 0.480 e. The SMILES string of the molecule is COc1cnc(C(O)C(C)S(C)(=O)=O)c(OC)n1. The summed E-state index contributed by atoms with van der Waals surface area (Å²) in [4.78, 5) is 7.86. The normalized spacial score (nSPS) is 14.9. The van der Waals surface area contributed by atoms with Gasteiger partial charge in [0.15, 0.2) is 9.84 Å². The molecule has 0 saturated heterocycles. The molecule has 2 unspecified atom stereocenters. The van der Waals surface area contributed by atoms with E-state index < -0.39 is 21.2 Å². The van der Waals surface area contributed by atoms with Crippen molar-refractivity contribution in [3.63, 3.8) is 0 Å². The minimum Gasteiger partial charge on any atom is -0.480 e. The molecule has 0 aliphatic heterocycles. The topological polar surface area (TPSA) is 98.6 Å². The molecule has 8 heteroatoms. The lowest BCUT2D eigenvalue weighted by molar-refractivity contribution is 0.165. The van der Waals surface area contributed by atoms with E-state index in [0.29, 0.717) is 0 Å². The number of aliphatic hydroxyl groups excluding tert-OH is 1. The van der Waals surface area contributed by atoms with E-state index in [9.17, 15) is 13.5 Å². The molecule has 1 rings (SSSR count). The molecule has 0 aliphatic carbocycles. The van der Waals surface area contributed by atoms with Crippen LogP contribution in [0.2, 0.25) is 0 Å². The van der Waals surface area contributed by atoms with Crippen LogP contribution in [0.5, 0.6) is 11.8 Å². The molecule has 0 fully saturated rings. The van der Waals surface area contributed by atoms with Crippen molar-refractivity contribution in [3.8, 4) is 11.8 Å². The van der Waals surface area contributed by atoms with Crippen molar-refractivity contribution in [2.24, 2.45) is 0 Å². The minimum atomic E-state index is -3.40. The van der Waals surface area contributed by atoms with E-state index >= 15 is 0 Å². The first kappa shape index (κ1) is 14.7. The number of ether oxygens (including phenoxy) is 2. The lowest BCUT2D eigenvalue weighted by atomic mass is 10.2. The summed E-state index contributed by atoms with van der Waals surface area (Å²) in [5, 5.41) is 8.99.